The molecular weight excluding hydrogens is 899 g/mol. The third kappa shape index (κ3) is 8.41. The van der Waals surface area contributed by atoms with E-state index in [-0.39, 0.29) is 31.5 Å². The molecule has 3 aromatic rings. The van der Waals surface area contributed by atoms with E-state index < -0.39 is 33.0 Å². The molecule has 0 N–H and O–H groups in total. The molecule has 0 spiro atoms. The molecule has 3 aromatic carbocycles. The monoisotopic (exact) mass is 904 g/mol. The number of carbonyl (C=O) groups is 2. The molecule has 0 bridgehead atoms. The molecule has 220 valence electrons. The number of imide groups is 1. The van der Waals surface area contributed by atoms with E-state index in [9.17, 15) is 9.59 Å². The quantitative estimate of drug-likeness (QED) is 0.149. The number of hydrogen-bond acceptors (Lipinski definition) is 4. The van der Waals surface area contributed by atoms with E-state index in [1.54, 1.807) is 30.3 Å². The molecule has 19 heteroatoms. The molecule has 2 aliphatic rings. The van der Waals surface area contributed by atoms with Crippen molar-refractivity contribution < 1.29 is 14.3 Å². The van der Waals surface area contributed by atoms with Crippen molar-refractivity contribution in [3.8, 4) is 0 Å². The van der Waals surface area contributed by atoms with E-state index in [1.165, 1.54) is 34.0 Å². The van der Waals surface area contributed by atoms with Crippen molar-refractivity contribution in [2.75, 3.05) is 9.91 Å². The summed E-state index contributed by atoms with van der Waals surface area (Å²) in [5.74, 6) is -1.04. The molecule has 1 saturated heterocycles. The van der Waals surface area contributed by atoms with Crippen molar-refractivity contribution in [1.82, 2.24) is 0 Å². The number of hydrogen-bond donors (Lipinski definition) is 0. The Labute approximate surface area is 283 Å². The molecule has 0 aliphatic carbocycles. The standard InChI is InChI=1S/C22H11Cl6N4O2.6ClH.Sb/c23-10-6-13(25)17(14(26)7-10)31-19-20(22(34)30(21(19)33)12-4-2-1-3-5-12)32(29-31)18-15(27)8-11(24)9-16(18)28;;;;;;;/h1-9,19-20H;6*1H;/q+1;;;;;;;+5/p-6/t19-,20+;;;;;;;. The van der Waals surface area contributed by atoms with Crippen LogP contribution >= 0.6 is 123 Å². The Morgan fingerprint density at radius 1 is 0.683 bits per heavy atom. The minimum atomic E-state index is -5.42. The molecule has 0 radical (unpaired) electrons. The number of para-hydroxylation sites is 1. The van der Waals surface area contributed by atoms with Gasteiger partial charge in [0.15, 0.2) is 11.4 Å². The Balaban J connectivity index is 0.000000493. The van der Waals surface area contributed by atoms with Crippen LogP contribution in [0.25, 0.3) is 0 Å². The zero-order valence-electron chi connectivity index (χ0n) is 19.4. The van der Waals surface area contributed by atoms with Gasteiger partial charge >= 0.3 is 62.1 Å². The van der Waals surface area contributed by atoms with E-state index in [2.05, 4.69) is 5.22 Å². The van der Waals surface area contributed by atoms with Crippen molar-refractivity contribution in [3.63, 3.8) is 0 Å². The second-order valence-electron chi connectivity index (χ2n) is 8.41. The van der Waals surface area contributed by atoms with Crippen molar-refractivity contribution in [1.29, 1.82) is 0 Å². The number of amides is 2. The zero-order chi connectivity index (χ0) is 30.7. The van der Waals surface area contributed by atoms with E-state index in [0.29, 0.717) is 15.7 Å². The average Bonchev–Trinajstić information content (AvgIpc) is 3.27. The van der Waals surface area contributed by atoms with Gasteiger partial charge in [-0.05, 0) is 36.4 Å². The van der Waals surface area contributed by atoms with Crippen LogP contribution in [0.4, 0.5) is 17.1 Å². The van der Waals surface area contributed by atoms with Crippen LogP contribution in [0.2, 0.25) is 30.1 Å². The molecule has 6 nitrogen and oxygen atoms in total. The van der Waals surface area contributed by atoms with Crippen molar-refractivity contribution in [2.45, 2.75) is 12.1 Å². The molecule has 0 unspecified atom stereocenters. The summed E-state index contributed by atoms with van der Waals surface area (Å²) in [5.41, 5.74) is 0.832. The van der Waals surface area contributed by atoms with Gasteiger partial charge in [-0.1, -0.05) is 87.8 Å². The van der Waals surface area contributed by atoms with Crippen LogP contribution in [-0.2, 0) is 9.59 Å². The van der Waals surface area contributed by atoms with Gasteiger partial charge in [-0.2, -0.15) is 0 Å². The number of rotatable bonds is 3. The molecular formula is C22H11Cl12N4O2Sb. The number of fused-ring (bicyclic) bond motifs is 1. The first-order chi connectivity index (χ1) is 18.6. The number of benzene rings is 3. The van der Waals surface area contributed by atoms with E-state index in [1.807, 2.05) is 0 Å². The summed E-state index contributed by atoms with van der Waals surface area (Å²) in [6, 6.07) is 12.2. The van der Waals surface area contributed by atoms with E-state index in [0.717, 1.165) is 4.90 Å². The Morgan fingerprint density at radius 2 is 1.12 bits per heavy atom. The number of anilines is 2. The third-order valence-corrected chi connectivity index (χ3v) is 6.99. The van der Waals surface area contributed by atoms with Gasteiger partial charge in [-0.25, -0.2) is 4.90 Å². The van der Waals surface area contributed by atoms with Gasteiger partial charge in [0.05, 0.1) is 31.0 Å². The van der Waals surface area contributed by atoms with Gasteiger partial charge in [-0.15, -0.1) is 9.71 Å². The summed E-state index contributed by atoms with van der Waals surface area (Å²) < 4.78 is 1.30. The van der Waals surface area contributed by atoms with Crippen molar-refractivity contribution in [3.05, 3.63) is 84.7 Å². The SMILES string of the molecule is O=C1[C@@H]2[C@H](C(=O)N1c1ccccc1)N(c1c(Cl)cc(Cl)cc1Cl)N=[N+]2c1c(Cl)cc(Cl)cc1Cl.[Cl][Sb-]([Cl])([Cl])([Cl])([Cl])[Cl]. The van der Waals surface area contributed by atoms with Crippen molar-refractivity contribution in [2.24, 2.45) is 5.22 Å². The predicted octanol–water partition coefficient (Wildman–Crippen LogP) is 11.2. The topological polar surface area (TPSA) is 56.0 Å². The van der Waals surface area contributed by atoms with Gasteiger partial charge < -0.3 is 0 Å². The molecule has 5 rings (SSSR count). The van der Waals surface area contributed by atoms with Gasteiger partial charge in [0.25, 0.3) is 23.9 Å². The molecule has 2 aliphatic heterocycles. The average molecular weight is 911 g/mol. The van der Waals surface area contributed by atoms with Crippen molar-refractivity contribution >= 4 is 161 Å². The van der Waals surface area contributed by atoms with Crippen LogP contribution in [0.5, 0.6) is 0 Å². The summed E-state index contributed by atoms with van der Waals surface area (Å²) in [6.07, 6.45) is 0. The number of carbonyl (C=O) groups excluding carboxylic acids is 2. The molecule has 0 saturated carbocycles. The molecule has 2 atom stereocenters. The molecule has 2 heterocycles. The fourth-order valence-corrected chi connectivity index (χ4v) is 6.02. The van der Waals surface area contributed by atoms with Crippen LogP contribution in [0, 0.1) is 0 Å². The summed E-state index contributed by atoms with van der Waals surface area (Å²) in [7, 11) is 25.0. The predicted molar refractivity (Wildman–Crippen MR) is 175 cm³/mol. The Hall–Kier alpha value is 0.498. The Morgan fingerprint density at radius 3 is 1.59 bits per heavy atom. The summed E-state index contributed by atoms with van der Waals surface area (Å²) in [6.45, 7) is 0. The fourth-order valence-electron chi connectivity index (χ4n) is 4.04. The third-order valence-electron chi connectivity index (χ3n) is 5.40. The van der Waals surface area contributed by atoms with Crippen LogP contribution in [0.15, 0.2) is 59.8 Å². The summed E-state index contributed by atoms with van der Waals surface area (Å²) >= 11 is 37.9. The van der Waals surface area contributed by atoms with Crippen LogP contribution in [0.1, 0.15) is 0 Å². The van der Waals surface area contributed by atoms with Crippen LogP contribution < -0.4 is 9.91 Å². The molecule has 1 fully saturated rings. The maximum atomic E-state index is 13.6. The summed E-state index contributed by atoms with van der Waals surface area (Å²) in [4.78, 5) is 28.4. The van der Waals surface area contributed by atoms with Gasteiger partial charge in [0.1, 0.15) is 0 Å². The Bertz CT molecular complexity index is 1560. The molecule has 2 amide bonds. The molecule has 0 aromatic heterocycles. The second-order valence-corrected chi connectivity index (χ2v) is 67.8. The van der Waals surface area contributed by atoms with Gasteiger partial charge in [-0.3, -0.25) is 9.59 Å². The van der Waals surface area contributed by atoms with Gasteiger partial charge in [0, 0.05) is 10.0 Å². The normalized spacial score (nSPS) is 20.2. The zero-order valence-corrected chi connectivity index (χ0v) is 31.1. The summed E-state index contributed by atoms with van der Waals surface area (Å²) in [5, 5.41) is 7.01. The number of nitrogens with zero attached hydrogens (tertiary/aromatic N) is 4. The second kappa shape index (κ2) is 11.7. The van der Waals surface area contributed by atoms with Gasteiger partial charge in [0.2, 0.25) is 0 Å². The fraction of sp³-hybridized carbons (Fsp3) is 0.0909. The van der Waals surface area contributed by atoms with Crippen LogP contribution in [0.3, 0.4) is 0 Å². The Kier molecular flexibility index (Phi) is 9.81. The van der Waals surface area contributed by atoms with E-state index in [4.69, 9.17) is 123 Å². The maximum absolute atomic E-state index is 13.6. The first-order valence-electron chi connectivity index (χ1n) is 10.7. The number of halogens is 12. The van der Waals surface area contributed by atoms with Crippen LogP contribution in [-0.4, -0.2) is 37.7 Å². The molecule has 41 heavy (non-hydrogen) atoms. The van der Waals surface area contributed by atoms with E-state index >= 15 is 0 Å². The first-order valence-corrected chi connectivity index (χ1v) is 32.4. The minimum absolute atomic E-state index is 0.147. The first kappa shape index (κ1) is 34.4.